The number of rotatable bonds is 5. The predicted molar refractivity (Wildman–Crippen MR) is 114 cm³/mol. The molecule has 1 atom stereocenters. The summed E-state index contributed by atoms with van der Waals surface area (Å²) in [6.45, 7) is 3.42. The van der Waals surface area contributed by atoms with Gasteiger partial charge in [0.15, 0.2) is 6.10 Å². The lowest BCUT2D eigenvalue weighted by atomic mass is 10.1. The molecule has 0 fully saturated rings. The molecular weight excluding hydrogens is 394 g/mol. The largest absolute Gasteiger partial charge is 0.451 e. The zero-order chi connectivity index (χ0) is 22.1. The van der Waals surface area contributed by atoms with Crippen molar-refractivity contribution in [1.29, 1.82) is 0 Å². The maximum atomic E-state index is 12.7. The number of carbonyl (C=O) groups is 4. The zero-order valence-electron chi connectivity index (χ0n) is 17.0. The van der Waals surface area contributed by atoms with E-state index in [9.17, 15) is 19.2 Å². The first-order valence-corrected chi connectivity index (χ1v) is 9.76. The molecular formula is C25H19NO5. The Hall–Kier alpha value is -4.06. The standard InChI is InChI=1S/C25H19NO5/c1-15-10-12-17(13-11-15)22(27)16(2)31-25(30)18-6-5-7-19(14-18)26-23(28)20-8-3-4-9-21(20)24(26)29/h3-14,16H,1-2H3/t16-/m0/s1. The Bertz CT molecular complexity index is 1180. The van der Waals surface area contributed by atoms with Gasteiger partial charge in [-0.05, 0) is 44.2 Å². The minimum atomic E-state index is -0.988. The Labute approximate surface area is 179 Å². The van der Waals surface area contributed by atoms with Crippen LogP contribution < -0.4 is 4.90 Å². The molecule has 3 aromatic rings. The molecule has 1 aliphatic rings. The molecule has 0 N–H and O–H groups in total. The van der Waals surface area contributed by atoms with Crippen LogP contribution in [0.5, 0.6) is 0 Å². The van der Waals surface area contributed by atoms with Crippen LogP contribution in [-0.2, 0) is 4.74 Å². The number of imide groups is 1. The van der Waals surface area contributed by atoms with Gasteiger partial charge >= 0.3 is 5.97 Å². The maximum Gasteiger partial charge on any atom is 0.338 e. The molecule has 6 heteroatoms. The van der Waals surface area contributed by atoms with Crippen molar-refractivity contribution in [3.05, 3.63) is 101 Å². The number of benzene rings is 3. The van der Waals surface area contributed by atoms with Gasteiger partial charge in [-0.1, -0.05) is 48.0 Å². The molecule has 0 saturated carbocycles. The number of nitrogens with zero attached hydrogens (tertiary/aromatic N) is 1. The second kappa shape index (κ2) is 7.99. The molecule has 1 heterocycles. The number of aryl methyl sites for hydroxylation is 1. The van der Waals surface area contributed by atoms with Crippen molar-refractivity contribution in [2.24, 2.45) is 0 Å². The number of ketones is 1. The Morgan fingerprint density at radius 2 is 1.42 bits per heavy atom. The third-order valence-electron chi connectivity index (χ3n) is 5.12. The van der Waals surface area contributed by atoms with Gasteiger partial charge in [0.1, 0.15) is 0 Å². The van der Waals surface area contributed by atoms with E-state index in [0.717, 1.165) is 10.5 Å². The van der Waals surface area contributed by atoms with Gasteiger partial charge in [0.05, 0.1) is 22.4 Å². The number of fused-ring (bicyclic) bond motifs is 1. The topological polar surface area (TPSA) is 80.8 Å². The molecule has 6 nitrogen and oxygen atoms in total. The van der Waals surface area contributed by atoms with Crippen LogP contribution in [0.15, 0.2) is 72.8 Å². The van der Waals surface area contributed by atoms with Crippen LogP contribution in [0, 0.1) is 6.92 Å². The quantitative estimate of drug-likeness (QED) is 0.355. The second-order valence-electron chi connectivity index (χ2n) is 7.32. The van der Waals surface area contributed by atoms with E-state index in [1.807, 2.05) is 19.1 Å². The lowest BCUT2D eigenvalue weighted by Gasteiger charge is -2.16. The molecule has 0 bridgehead atoms. The van der Waals surface area contributed by atoms with Gasteiger partial charge in [0, 0.05) is 5.56 Å². The Morgan fingerprint density at radius 1 is 0.806 bits per heavy atom. The van der Waals surface area contributed by atoms with Crippen molar-refractivity contribution in [2.45, 2.75) is 20.0 Å². The van der Waals surface area contributed by atoms with Crippen LogP contribution in [0.2, 0.25) is 0 Å². The van der Waals surface area contributed by atoms with Gasteiger partial charge in [-0.2, -0.15) is 0 Å². The lowest BCUT2D eigenvalue weighted by molar-refractivity contribution is 0.0318. The molecule has 0 aliphatic carbocycles. The van der Waals surface area contributed by atoms with Crippen LogP contribution >= 0.6 is 0 Å². The summed E-state index contributed by atoms with van der Waals surface area (Å²) in [6, 6.07) is 19.6. The fraction of sp³-hybridized carbons (Fsp3) is 0.120. The number of amides is 2. The highest BCUT2D eigenvalue weighted by Crippen LogP contribution is 2.29. The number of anilines is 1. The average molecular weight is 413 g/mol. The van der Waals surface area contributed by atoms with Crippen LogP contribution in [0.25, 0.3) is 0 Å². The summed E-state index contributed by atoms with van der Waals surface area (Å²) in [7, 11) is 0. The van der Waals surface area contributed by atoms with E-state index in [1.165, 1.54) is 19.1 Å². The van der Waals surface area contributed by atoms with Crippen LogP contribution in [0.4, 0.5) is 5.69 Å². The smallest absolute Gasteiger partial charge is 0.338 e. The van der Waals surface area contributed by atoms with Crippen molar-refractivity contribution >= 4 is 29.3 Å². The van der Waals surface area contributed by atoms with Crippen molar-refractivity contribution in [3.63, 3.8) is 0 Å². The number of hydrogen-bond acceptors (Lipinski definition) is 5. The Balaban J connectivity index is 1.53. The number of Topliss-reactive ketones (excluding diaryl/α,β-unsaturated/α-hetero) is 1. The molecule has 0 unspecified atom stereocenters. The Kier molecular flexibility index (Phi) is 5.21. The minimum absolute atomic E-state index is 0.137. The van der Waals surface area contributed by atoms with Crippen molar-refractivity contribution in [2.75, 3.05) is 4.90 Å². The summed E-state index contributed by atoms with van der Waals surface area (Å²) in [6.07, 6.45) is -0.988. The monoisotopic (exact) mass is 413 g/mol. The van der Waals surface area contributed by atoms with E-state index in [-0.39, 0.29) is 17.0 Å². The molecule has 1 aliphatic heterocycles. The first-order valence-electron chi connectivity index (χ1n) is 9.76. The van der Waals surface area contributed by atoms with Gasteiger partial charge in [-0.15, -0.1) is 0 Å². The second-order valence-corrected chi connectivity index (χ2v) is 7.32. The molecule has 4 rings (SSSR count). The molecule has 0 aromatic heterocycles. The molecule has 2 amide bonds. The predicted octanol–water partition coefficient (Wildman–Crippen LogP) is 4.22. The molecule has 31 heavy (non-hydrogen) atoms. The van der Waals surface area contributed by atoms with Gasteiger partial charge < -0.3 is 4.74 Å². The number of ether oxygens (including phenoxy) is 1. The summed E-state index contributed by atoms with van der Waals surface area (Å²) >= 11 is 0. The van der Waals surface area contributed by atoms with Gasteiger partial charge in [0.2, 0.25) is 5.78 Å². The third kappa shape index (κ3) is 3.75. The summed E-state index contributed by atoms with van der Waals surface area (Å²) in [5.41, 5.74) is 2.50. The molecule has 0 spiro atoms. The number of hydrogen-bond donors (Lipinski definition) is 0. The van der Waals surface area contributed by atoms with E-state index in [4.69, 9.17) is 4.74 Å². The van der Waals surface area contributed by atoms with Gasteiger partial charge in [-0.3, -0.25) is 14.4 Å². The fourth-order valence-electron chi connectivity index (χ4n) is 3.43. The van der Waals surface area contributed by atoms with Crippen LogP contribution in [0.1, 0.15) is 53.9 Å². The maximum absolute atomic E-state index is 12.7. The van der Waals surface area contributed by atoms with E-state index < -0.39 is 23.9 Å². The third-order valence-corrected chi connectivity index (χ3v) is 5.12. The summed E-state index contributed by atoms with van der Waals surface area (Å²) in [5, 5.41) is 0. The summed E-state index contributed by atoms with van der Waals surface area (Å²) < 4.78 is 5.34. The highest BCUT2D eigenvalue weighted by molar-refractivity contribution is 6.34. The van der Waals surface area contributed by atoms with Crippen molar-refractivity contribution in [1.82, 2.24) is 0 Å². The van der Waals surface area contributed by atoms with E-state index >= 15 is 0 Å². The highest BCUT2D eigenvalue weighted by Gasteiger charge is 2.36. The van der Waals surface area contributed by atoms with E-state index in [1.54, 1.807) is 48.5 Å². The number of carbonyl (C=O) groups excluding carboxylic acids is 4. The SMILES string of the molecule is Cc1ccc(C(=O)[C@H](C)OC(=O)c2cccc(N3C(=O)c4ccccc4C3=O)c2)cc1. The van der Waals surface area contributed by atoms with E-state index in [2.05, 4.69) is 0 Å². The van der Waals surface area contributed by atoms with Crippen molar-refractivity contribution < 1.29 is 23.9 Å². The van der Waals surface area contributed by atoms with Crippen LogP contribution in [0.3, 0.4) is 0 Å². The van der Waals surface area contributed by atoms with E-state index in [0.29, 0.717) is 16.7 Å². The molecule has 0 saturated heterocycles. The highest BCUT2D eigenvalue weighted by atomic mass is 16.5. The Morgan fingerprint density at radius 3 is 2.03 bits per heavy atom. The summed E-state index contributed by atoms with van der Waals surface area (Å²) in [5.74, 6) is -1.93. The normalized spacial score (nSPS) is 13.7. The minimum Gasteiger partial charge on any atom is -0.451 e. The van der Waals surface area contributed by atoms with Gasteiger partial charge in [0.25, 0.3) is 11.8 Å². The molecule has 154 valence electrons. The average Bonchev–Trinajstić information content (AvgIpc) is 3.04. The lowest BCUT2D eigenvalue weighted by Crippen LogP contribution is -2.29. The first kappa shape index (κ1) is 20.2. The zero-order valence-corrected chi connectivity index (χ0v) is 17.0. The first-order chi connectivity index (χ1) is 14.9. The van der Waals surface area contributed by atoms with Crippen molar-refractivity contribution in [3.8, 4) is 0 Å². The van der Waals surface area contributed by atoms with Crippen LogP contribution in [-0.4, -0.2) is 29.7 Å². The summed E-state index contributed by atoms with van der Waals surface area (Å²) in [4.78, 5) is 51.6. The van der Waals surface area contributed by atoms with Gasteiger partial charge in [-0.25, -0.2) is 9.69 Å². The fourth-order valence-corrected chi connectivity index (χ4v) is 3.43. The number of esters is 1. The molecule has 0 radical (unpaired) electrons. The molecule has 3 aromatic carbocycles.